The Morgan fingerprint density at radius 2 is 1.75 bits per heavy atom. The van der Waals surface area contributed by atoms with E-state index in [9.17, 15) is 14.7 Å². The Labute approximate surface area is 210 Å². The van der Waals surface area contributed by atoms with Gasteiger partial charge in [0, 0.05) is 61.9 Å². The molecule has 2 N–H and O–H groups in total. The number of amides is 1. The summed E-state index contributed by atoms with van der Waals surface area (Å²) in [6, 6.07) is 14.9. The number of hydrogen-bond donors (Lipinski definition) is 2. The molecule has 9 nitrogen and oxygen atoms in total. The predicted molar refractivity (Wildman–Crippen MR) is 135 cm³/mol. The topological polar surface area (TPSA) is 98.3 Å². The van der Waals surface area contributed by atoms with Gasteiger partial charge in [0.1, 0.15) is 18.4 Å². The molecule has 0 saturated carbocycles. The largest absolute Gasteiger partial charge is 0.489 e. The Morgan fingerprint density at radius 3 is 2.47 bits per heavy atom. The number of H-pyrrole nitrogens is 1. The molecule has 1 atom stereocenters. The van der Waals surface area contributed by atoms with Gasteiger partial charge in [-0.15, -0.1) is 0 Å². The zero-order chi connectivity index (χ0) is 24.9. The molecule has 0 bridgehead atoms. The molecule has 2 aliphatic rings. The predicted octanol–water partition coefficient (Wildman–Crippen LogP) is 2.35. The quantitative estimate of drug-likeness (QED) is 0.498. The highest BCUT2D eigenvalue weighted by atomic mass is 16.5. The monoisotopic (exact) mass is 492 g/mol. The zero-order valence-corrected chi connectivity index (χ0v) is 20.3. The van der Waals surface area contributed by atoms with Crippen molar-refractivity contribution in [3.05, 3.63) is 65.9 Å². The van der Waals surface area contributed by atoms with E-state index in [0.29, 0.717) is 71.4 Å². The Kier molecular flexibility index (Phi) is 7.50. The van der Waals surface area contributed by atoms with E-state index in [1.165, 1.54) is 0 Å². The van der Waals surface area contributed by atoms with E-state index in [0.717, 1.165) is 22.0 Å². The molecule has 2 fully saturated rings. The maximum Gasteiger partial charge on any atom is 0.325 e. The number of benzene rings is 2. The number of ether oxygens (including phenoxy) is 2. The molecule has 2 aromatic carbocycles. The Morgan fingerprint density at radius 1 is 1.00 bits per heavy atom. The summed E-state index contributed by atoms with van der Waals surface area (Å²) in [5.41, 5.74) is 2.67. The van der Waals surface area contributed by atoms with Crippen molar-refractivity contribution in [2.75, 3.05) is 59.0 Å². The van der Waals surface area contributed by atoms with Crippen molar-refractivity contribution in [1.29, 1.82) is 0 Å². The lowest BCUT2D eigenvalue weighted by atomic mass is 10.0. The van der Waals surface area contributed by atoms with Crippen LogP contribution in [0.15, 0.2) is 54.7 Å². The van der Waals surface area contributed by atoms with Gasteiger partial charge in [-0.2, -0.15) is 0 Å². The number of morpholine rings is 1. The van der Waals surface area contributed by atoms with Crippen LogP contribution in [0, 0.1) is 0 Å². The van der Waals surface area contributed by atoms with Crippen LogP contribution in [0.25, 0.3) is 10.9 Å². The number of piperazine rings is 1. The molecule has 190 valence electrons. The summed E-state index contributed by atoms with van der Waals surface area (Å²) in [7, 11) is 0. The maximum absolute atomic E-state index is 12.6. The highest BCUT2D eigenvalue weighted by molar-refractivity contribution is 5.90. The lowest BCUT2D eigenvalue weighted by molar-refractivity contribution is -0.145. The number of hydrogen-bond acceptors (Lipinski definition) is 6. The van der Waals surface area contributed by atoms with Gasteiger partial charge in [0.25, 0.3) is 0 Å². The number of carboxylic acid groups (broad SMARTS) is 1. The number of fused-ring (bicyclic) bond motifs is 1. The van der Waals surface area contributed by atoms with Crippen molar-refractivity contribution in [1.82, 2.24) is 19.7 Å². The van der Waals surface area contributed by atoms with Crippen LogP contribution in [0.2, 0.25) is 0 Å². The highest BCUT2D eigenvalue weighted by Gasteiger charge is 2.33. The third-order valence-corrected chi connectivity index (χ3v) is 6.96. The molecule has 0 unspecified atom stereocenters. The SMILES string of the molecule is O=C(O)[C@@H](c1c[nH]c2ccc(OCc3ccccc3)cc12)N1CCN(CC(=O)N2CCOCC2)CC1. The molecule has 0 spiro atoms. The molecule has 0 radical (unpaired) electrons. The standard InChI is InChI=1S/C27H32N4O5/c32-25(30-12-14-35-15-13-30)18-29-8-10-31(11-9-29)26(27(33)34)23-17-28-24-7-6-21(16-22(23)24)36-19-20-4-2-1-3-5-20/h1-7,16-17,26,28H,8-15,18-19H2,(H,33,34)/t26-/m1/s1. The van der Waals surface area contributed by atoms with E-state index in [1.54, 1.807) is 6.20 Å². The number of nitrogens with one attached hydrogen (secondary N) is 1. The first-order valence-electron chi connectivity index (χ1n) is 12.4. The van der Waals surface area contributed by atoms with E-state index in [4.69, 9.17) is 9.47 Å². The molecule has 0 aliphatic carbocycles. The first-order valence-corrected chi connectivity index (χ1v) is 12.4. The molecule has 3 aromatic rings. The van der Waals surface area contributed by atoms with Gasteiger partial charge in [0.2, 0.25) is 5.91 Å². The Bertz CT molecular complexity index is 1180. The van der Waals surface area contributed by atoms with E-state index in [2.05, 4.69) is 9.88 Å². The van der Waals surface area contributed by atoms with Crippen LogP contribution in [0.3, 0.4) is 0 Å². The van der Waals surface area contributed by atoms with Gasteiger partial charge in [-0.1, -0.05) is 30.3 Å². The molecular formula is C27H32N4O5. The van der Waals surface area contributed by atoms with Crippen molar-refractivity contribution in [3.8, 4) is 5.75 Å². The van der Waals surface area contributed by atoms with Crippen LogP contribution in [0.5, 0.6) is 5.75 Å². The minimum atomic E-state index is -0.885. The molecule has 2 saturated heterocycles. The first kappa shape index (κ1) is 24.3. The van der Waals surface area contributed by atoms with Crippen LogP contribution >= 0.6 is 0 Å². The average Bonchev–Trinajstić information content (AvgIpc) is 3.32. The van der Waals surface area contributed by atoms with Gasteiger partial charge in [0.15, 0.2) is 0 Å². The molecule has 3 heterocycles. The third-order valence-electron chi connectivity index (χ3n) is 6.96. The molecule has 5 rings (SSSR count). The first-order chi connectivity index (χ1) is 17.6. The minimum absolute atomic E-state index is 0.112. The van der Waals surface area contributed by atoms with Gasteiger partial charge >= 0.3 is 5.97 Å². The maximum atomic E-state index is 12.6. The van der Waals surface area contributed by atoms with Crippen molar-refractivity contribution < 1.29 is 24.2 Å². The number of carboxylic acids is 1. The summed E-state index contributed by atoms with van der Waals surface area (Å²) in [6.45, 7) is 5.69. The summed E-state index contributed by atoms with van der Waals surface area (Å²) < 4.78 is 11.3. The van der Waals surface area contributed by atoms with Crippen molar-refractivity contribution in [2.24, 2.45) is 0 Å². The normalized spacial score (nSPS) is 18.3. The fraction of sp³-hybridized carbons (Fsp3) is 0.407. The number of aromatic amines is 1. The molecule has 9 heteroatoms. The summed E-state index contributed by atoms with van der Waals surface area (Å²) in [4.78, 5) is 34.2. The van der Waals surface area contributed by atoms with E-state index in [1.807, 2.05) is 58.3 Å². The number of carbonyl (C=O) groups excluding carboxylic acids is 1. The van der Waals surface area contributed by atoms with Crippen molar-refractivity contribution in [2.45, 2.75) is 12.6 Å². The van der Waals surface area contributed by atoms with Gasteiger partial charge in [-0.25, -0.2) is 0 Å². The molecule has 1 amide bonds. The van der Waals surface area contributed by atoms with Crippen LogP contribution in [-0.4, -0.2) is 95.7 Å². The van der Waals surface area contributed by atoms with Crippen molar-refractivity contribution in [3.63, 3.8) is 0 Å². The summed E-state index contributed by atoms with van der Waals surface area (Å²) in [6.07, 6.45) is 1.79. The molecule has 36 heavy (non-hydrogen) atoms. The van der Waals surface area contributed by atoms with Gasteiger partial charge in [0.05, 0.1) is 19.8 Å². The van der Waals surface area contributed by atoms with Gasteiger partial charge in [-0.05, 0) is 23.8 Å². The van der Waals surface area contributed by atoms with Gasteiger partial charge in [-0.3, -0.25) is 19.4 Å². The molecule has 1 aromatic heterocycles. The Hall–Kier alpha value is -3.40. The average molecular weight is 493 g/mol. The summed E-state index contributed by atoms with van der Waals surface area (Å²) >= 11 is 0. The second-order valence-electron chi connectivity index (χ2n) is 9.27. The Balaban J connectivity index is 1.25. The third kappa shape index (κ3) is 5.53. The second kappa shape index (κ2) is 11.1. The summed E-state index contributed by atoms with van der Waals surface area (Å²) in [5.74, 6) is -0.0756. The van der Waals surface area contributed by atoms with E-state index < -0.39 is 12.0 Å². The number of aliphatic carboxylic acids is 1. The van der Waals surface area contributed by atoms with Crippen LogP contribution < -0.4 is 4.74 Å². The van der Waals surface area contributed by atoms with Crippen LogP contribution in [0.1, 0.15) is 17.2 Å². The minimum Gasteiger partial charge on any atom is -0.489 e. The van der Waals surface area contributed by atoms with Crippen molar-refractivity contribution >= 4 is 22.8 Å². The second-order valence-corrected chi connectivity index (χ2v) is 9.27. The lowest BCUT2D eigenvalue weighted by Crippen LogP contribution is -2.52. The highest BCUT2D eigenvalue weighted by Crippen LogP contribution is 2.32. The lowest BCUT2D eigenvalue weighted by Gasteiger charge is -2.38. The van der Waals surface area contributed by atoms with E-state index >= 15 is 0 Å². The summed E-state index contributed by atoms with van der Waals surface area (Å²) in [5, 5.41) is 11.0. The fourth-order valence-corrected chi connectivity index (χ4v) is 4.95. The number of rotatable bonds is 8. The van der Waals surface area contributed by atoms with Crippen LogP contribution in [-0.2, 0) is 20.9 Å². The fourth-order valence-electron chi connectivity index (χ4n) is 4.95. The number of aromatic nitrogens is 1. The molecule has 2 aliphatic heterocycles. The van der Waals surface area contributed by atoms with E-state index in [-0.39, 0.29) is 5.91 Å². The number of carbonyl (C=O) groups is 2. The van der Waals surface area contributed by atoms with Crippen LogP contribution in [0.4, 0.5) is 0 Å². The molecular weight excluding hydrogens is 460 g/mol. The number of nitrogens with zero attached hydrogens (tertiary/aromatic N) is 3. The van der Waals surface area contributed by atoms with Gasteiger partial charge < -0.3 is 24.5 Å². The smallest absolute Gasteiger partial charge is 0.325 e. The zero-order valence-electron chi connectivity index (χ0n) is 20.3.